The second-order valence-electron chi connectivity index (χ2n) is 3.54. The molecule has 0 amide bonds. The van der Waals surface area contributed by atoms with Gasteiger partial charge in [-0.2, -0.15) is 0 Å². The predicted octanol–water partition coefficient (Wildman–Crippen LogP) is 3.43. The van der Waals surface area contributed by atoms with Gasteiger partial charge in [0, 0.05) is 4.47 Å². The third kappa shape index (κ3) is 2.85. The first-order chi connectivity index (χ1) is 6.00. The number of aryl methyl sites for hydroxylation is 2. The molecule has 1 nitrogen and oxygen atoms in total. The van der Waals surface area contributed by atoms with Crippen LogP contribution in [0.1, 0.15) is 11.1 Å². The van der Waals surface area contributed by atoms with Crippen LogP contribution in [0.4, 0.5) is 0 Å². The van der Waals surface area contributed by atoms with E-state index in [0.29, 0.717) is 0 Å². The Morgan fingerprint density at radius 3 is 2.00 bits per heavy atom. The molecule has 0 N–H and O–H groups in total. The van der Waals surface area contributed by atoms with Crippen LogP contribution in [0.5, 0.6) is 5.75 Å². The fourth-order valence-electron chi connectivity index (χ4n) is 1.25. The number of rotatable bonds is 2. The van der Waals surface area contributed by atoms with Crippen molar-refractivity contribution in [1.82, 2.24) is 0 Å². The van der Waals surface area contributed by atoms with Crippen LogP contribution in [0.2, 0.25) is 13.1 Å². The third-order valence-corrected chi connectivity index (χ3v) is 3.78. The SMILES string of the molecule is Cc1cc(O[SiH](C)C)cc(C)c1Br. The Hall–Kier alpha value is -0.283. The summed E-state index contributed by atoms with van der Waals surface area (Å²) >= 11 is 3.54. The Bertz CT molecular complexity index is 287. The molecule has 0 bridgehead atoms. The summed E-state index contributed by atoms with van der Waals surface area (Å²) in [7, 11) is -0.969. The average Bonchev–Trinajstić information content (AvgIpc) is 1.98. The van der Waals surface area contributed by atoms with Crippen molar-refractivity contribution in [3.05, 3.63) is 27.7 Å². The van der Waals surface area contributed by atoms with Crippen LogP contribution in [-0.2, 0) is 0 Å². The van der Waals surface area contributed by atoms with Gasteiger partial charge in [-0.3, -0.25) is 0 Å². The zero-order chi connectivity index (χ0) is 10.0. The summed E-state index contributed by atoms with van der Waals surface area (Å²) in [4.78, 5) is 0. The third-order valence-electron chi connectivity index (χ3n) is 1.78. The van der Waals surface area contributed by atoms with Crippen molar-refractivity contribution < 1.29 is 4.43 Å². The Labute approximate surface area is 90.0 Å². The molecular weight excluding hydrogens is 244 g/mol. The van der Waals surface area contributed by atoms with Crippen molar-refractivity contribution in [1.29, 1.82) is 0 Å². The van der Waals surface area contributed by atoms with Gasteiger partial charge in [0.1, 0.15) is 5.75 Å². The van der Waals surface area contributed by atoms with Gasteiger partial charge in [-0.15, -0.1) is 0 Å². The van der Waals surface area contributed by atoms with E-state index >= 15 is 0 Å². The van der Waals surface area contributed by atoms with Crippen molar-refractivity contribution in [2.75, 3.05) is 0 Å². The van der Waals surface area contributed by atoms with Gasteiger partial charge in [-0.05, 0) is 50.2 Å². The molecule has 0 radical (unpaired) electrons. The highest BCUT2D eigenvalue weighted by molar-refractivity contribution is 9.10. The average molecular weight is 259 g/mol. The van der Waals surface area contributed by atoms with Gasteiger partial charge in [-0.25, -0.2) is 0 Å². The zero-order valence-electron chi connectivity index (χ0n) is 8.52. The van der Waals surface area contributed by atoms with Crippen LogP contribution in [0.15, 0.2) is 16.6 Å². The van der Waals surface area contributed by atoms with Gasteiger partial charge in [0.15, 0.2) is 0 Å². The summed E-state index contributed by atoms with van der Waals surface area (Å²) in [6, 6.07) is 4.17. The number of hydrogen-bond donors (Lipinski definition) is 0. The van der Waals surface area contributed by atoms with Gasteiger partial charge in [0.25, 0.3) is 0 Å². The summed E-state index contributed by atoms with van der Waals surface area (Å²) < 4.78 is 6.93. The lowest BCUT2D eigenvalue weighted by Gasteiger charge is -2.12. The summed E-state index contributed by atoms with van der Waals surface area (Å²) in [5, 5.41) is 0. The molecule has 0 aromatic heterocycles. The molecule has 13 heavy (non-hydrogen) atoms. The summed E-state index contributed by atoms with van der Waals surface area (Å²) in [5.41, 5.74) is 2.48. The molecule has 0 unspecified atom stereocenters. The fourth-order valence-corrected chi connectivity index (χ4v) is 2.16. The highest BCUT2D eigenvalue weighted by Crippen LogP contribution is 2.26. The Balaban J connectivity index is 2.99. The summed E-state index contributed by atoms with van der Waals surface area (Å²) in [6.07, 6.45) is 0. The van der Waals surface area contributed by atoms with E-state index in [2.05, 4.69) is 55.0 Å². The lowest BCUT2D eigenvalue weighted by molar-refractivity contribution is 0.579. The summed E-state index contributed by atoms with van der Waals surface area (Å²) in [6.45, 7) is 8.52. The smallest absolute Gasteiger partial charge is 0.229 e. The maximum Gasteiger partial charge on any atom is 0.229 e. The fraction of sp³-hybridized carbons (Fsp3) is 0.400. The van der Waals surface area contributed by atoms with Gasteiger partial charge >= 0.3 is 0 Å². The van der Waals surface area contributed by atoms with Crippen LogP contribution >= 0.6 is 15.9 Å². The van der Waals surface area contributed by atoms with Crippen LogP contribution < -0.4 is 4.43 Å². The molecule has 0 aliphatic heterocycles. The van der Waals surface area contributed by atoms with Crippen molar-refractivity contribution in [2.45, 2.75) is 26.9 Å². The molecule has 0 aliphatic rings. The standard InChI is InChI=1S/C10H15BrOSi/c1-7-5-9(12-13(3)4)6-8(2)10(7)11/h5-6,13H,1-4H3. The van der Waals surface area contributed by atoms with Gasteiger partial charge < -0.3 is 4.43 Å². The van der Waals surface area contributed by atoms with Crippen molar-refractivity contribution in [2.24, 2.45) is 0 Å². The maximum absolute atomic E-state index is 5.75. The van der Waals surface area contributed by atoms with E-state index in [9.17, 15) is 0 Å². The molecule has 0 heterocycles. The van der Waals surface area contributed by atoms with E-state index in [1.807, 2.05) is 0 Å². The molecule has 0 spiro atoms. The first-order valence-electron chi connectivity index (χ1n) is 4.44. The van der Waals surface area contributed by atoms with E-state index in [1.165, 1.54) is 15.6 Å². The maximum atomic E-state index is 5.75. The van der Waals surface area contributed by atoms with Crippen molar-refractivity contribution in [3.63, 3.8) is 0 Å². The predicted molar refractivity (Wildman–Crippen MR) is 63.1 cm³/mol. The molecule has 1 aromatic rings. The lowest BCUT2D eigenvalue weighted by atomic mass is 10.1. The Morgan fingerprint density at radius 2 is 1.62 bits per heavy atom. The molecule has 0 saturated carbocycles. The van der Waals surface area contributed by atoms with Crippen molar-refractivity contribution >= 4 is 25.0 Å². The first-order valence-corrected chi connectivity index (χ1v) is 8.01. The lowest BCUT2D eigenvalue weighted by Crippen LogP contribution is -2.11. The minimum atomic E-state index is -0.969. The normalized spacial score (nSPS) is 10.6. The molecule has 3 heteroatoms. The van der Waals surface area contributed by atoms with E-state index in [4.69, 9.17) is 4.43 Å². The topological polar surface area (TPSA) is 9.23 Å². The molecule has 72 valence electrons. The zero-order valence-corrected chi connectivity index (χ0v) is 11.3. The van der Waals surface area contributed by atoms with Gasteiger partial charge in [0.05, 0.1) is 0 Å². The van der Waals surface area contributed by atoms with E-state index < -0.39 is 9.04 Å². The summed E-state index contributed by atoms with van der Waals surface area (Å²) in [5.74, 6) is 1.01. The molecule has 1 aromatic carbocycles. The Morgan fingerprint density at radius 1 is 1.15 bits per heavy atom. The molecule has 0 fully saturated rings. The minimum Gasteiger partial charge on any atom is -0.547 e. The monoisotopic (exact) mass is 258 g/mol. The van der Waals surface area contributed by atoms with Crippen LogP contribution in [0.25, 0.3) is 0 Å². The highest BCUT2D eigenvalue weighted by atomic mass is 79.9. The molecule has 0 aliphatic carbocycles. The minimum absolute atomic E-state index is 0.969. The van der Waals surface area contributed by atoms with Crippen LogP contribution in [0.3, 0.4) is 0 Å². The van der Waals surface area contributed by atoms with Crippen molar-refractivity contribution in [3.8, 4) is 5.75 Å². The molecular formula is C10H15BrOSi. The Kier molecular flexibility index (Phi) is 3.56. The van der Waals surface area contributed by atoms with E-state index in [1.54, 1.807) is 0 Å². The van der Waals surface area contributed by atoms with Gasteiger partial charge in [0.2, 0.25) is 9.04 Å². The molecule has 0 saturated heterocycles. The van der Waals surface area contributed by atoms with E-state index in [-0.39, 0.29) is 0 Å². The quantitative estimate of drug-likeness (QED) is 0.739. The first kappa shape index (κ1) is 10.8. The molecule has 1 rings (SSSR count). The second-order valence-corrected chi connectivity index (χ2v) is 6.66. The highest BCUT2D eigenvalue weighted by Gasteiger charge is 2.04. The van der Waals surface area contributed by atoms with Gasteiger partial charge in [-0.1, -0.05) is 15.9 Å². The van der Waals surface area contributed by atoms with E-state index in [0.717, 1.165) is 5.75 Å². The van der Waals surface area contributed by atoms with Crippen LogP contribution in [-0.4, -0.2) is 9.04 Å². The molecule has 0 atom stereocenters. The number of halogens is 1. The van der Waals surface area contributed by atoms with Crippen LogP contribution in [0, 0.1) is 13.8 Å². The number of benzene rings is 1. The number of hydrogen-bond acceptors (Lipinski definition) is 1. The second kappa shape index (κ2) is 4.29. The largest absolute Gasteiger partial charge is 0.547 e.